The number of rotatable bonds is 7. The number of amides is 1. The van der Waals surface area contributed by atoms with Crippen LogP contribution in [0.15, 0.2) is 71.5 Å². The van der Waals surface area contributed by atoms with Crippen LogP contribution in [0.4, 0.5) is 15.8 Å². The first-order valence-electron chi connectivity index (χ1n) is 15.0. The fraction of sp³-hybridized carbons (Fsp3) is 0.324. The van der Waals surface area contributed by atoms with Crippen molar-refractivity contribution in [2.75, 3.05) is 63.1 Å². The molecule has 0 atom stereocenters. The molecule has 222 valence electrons. The van der Waals surface area contributed by atoms with Crippen molar-refractivity contribution >= 4 is 40.3 Å². The topological polar surface area (TPSA) is 73.7 Å². The predicted octanol–water partition coefficient (Wildman–Crippen LogP) is 4.87. The van der Waals surface area contributed by atoms with Crippen LogP contribution in [0.3, 0.4) is 0 Å². The van der Waals surface area contributed by atoms with Crippen LogP contribution in [-0.2, 0) is 4.79 Å². The minimum atomic E-state index is -0.415. The SMILES string of the molecule is CN1CCN(c2cc3nc(/C=C/c4ccc(NC(=O)CN5CCCCC5)cc4)n(-c4ccccc4)c(=O)c3cc2F)CC1. The van der Waals surface area contributed by atoms with Gasteiger partial charge in [-0.3, -0.25) is 19.1 Å². The molecule has 2 aliphatic heterocycles. The van der Waals surface area contributed by atoms with E-state index in [0.717, 1.165) is 50.3 Å². The van der Waals surface area contributed by atoms with Crippen molar-refractivity contribution in [3.63, 3.8) is 0 Å². The number of piperidine rings is 1. The van der Waals surface area contributed by atoms with Crippen LogP contribution in [0.25, 0.3) is 28.7 Å². The van der Waals surface area contributed by atoms with E-state index in [9.17, 15) is 9.59 Å². The summed E-state index contributed by atoms with van der Waals surface area (Å²) in [5, 5.41) is 3.22. The van der Waals surface area contributed by atoms with Gasteiger partial charge in [0, 0.05) is 31.9 Å². The maximum Gasteiger partial charge on any atom is 0.266 e. The Balaban J connectivity index is 1.29. The molecule has 3 heterocycles. The van der Waals surface area contributed by atoms with Gasteiger partial charge >= 0.3 is 0 Å². The normalized spacial score (nSPS) is 16.7. The summed E-state index contributed by atoms with van der Waals surface area (Å²) in [5.74, 6) is 0.0188. The molecule has 0 bridgehead atoms. The van der Waals surface area contributed by atoms with E-state index in [1.807, 2.05) is 65.6 Å². The first-order valence-corrected chi connectivity index (χ1v) is 15.0. The molecular formula is C34H37FN6O2. The van der Waals surface area contributed by atoms with E-state index in [2.05, 4.69) is 22.2 Å². The highest BCUT2D eigenvalue weighted by Gasteiger charge is 2.21. The lowest BCUT2D eigenvalue weighted by atomic mass is 10.1. The number of hydrogen-bond acceptors (Lipinski definition) is 6. The zero-order valence-corrected chi connectivity index (χ0v) is 24.5. The Hall–Kier alpha value is -4.34. The standard InChI is InChI=1S/C34H37FN6O2/c1-38-18-20-40(21-19-38)31-23-30-28(22-29(31)35)34(43)41(27-8-4-2-5-9-27)32(37-30)15-12-25-10-13-26(14-11-25)36-33(42)24-39-16-6-3-7-17-39/h2,4-5,8-15,22-23H,3,6-7,16-21,24H2,1H3,(H,36,42)/b15-12+. The van der Waals surface area contributed by atoms with Crippen LogP contribution in [0, 0.1) is 5.82 Å². The van der Waals surface area contributed by atoms with E-state index in [0.29, 0.717) is 42.4 Å². The van der Waals surface area contributed by atoms with Crippen molar-refractivity contribution < 1.29 is 9.18 Å². The van der Waals surface area contributed by atoms with Crippen LogP contribution in [0.2, 0.25) is 0 Å². The first kappa shape index (κ1) is 28.8. The zero-order chi connectivity index (χ0) is 29.8. The van der Waals surface area contributed by atoms with Crippen molar-refractivity contribution in [2.24, 2.45) is 0 Å². The van der Waals surface area contributed by atoms with Crippen molar-refractivity contribution in [3.05, 3.63) is 94.3 Å². The molecule has 1 N–H and O–H groups in total. The number of fused-ring (bicyclic) bond motifs is 1. The number of piperazine rings is 1. The highest BCUT2D eigenvalue weighted by Crippen LogP contribution is 2.26. The molecule has 0 unspecified atom stereocenters. The van der Waals surface area contributed by atoms with Gasteiger partial charge in [-0.2, -0.15) is 0 Å². The Bertz CT molecular complexity index is 1670. The summed E-state index contributed by atoms with van der Waals surface area (Å²) in [6.45, 7) is 5.46. The lowest BCUT2D eigenvalue weighted by molar-refractivity contribution is -0.117. The monoisotopic (exact) mass is 580 g/mol. The third kappa shape index (κ3) is 6.68. The van der Waals surface area contributed by atoms with Gasteiger partial charge in [0.15, 0.2) is 0 Å². The summed E-state index contributed by atoms with van der Waals surface area (Å²) in [6.07, 6.45) is 7.22. The van der Waals surface area contributed by atoms with Gasteiger partial charge in [0.1, 0.15) is 11.6 Å². The number of benzene rings is 3. The number of anilines is 2. The Kier molecular flexibility index (Phi) is 8.62. The summed E-state index contributed by atoms with van der Waals surface area (Å²) < 4.78 is 16.9. The van der Waals surface area contributed by atoms with E-state index in [-0.39, 0.29) is 16.9 Å². The molecule has 6 rings (SSSR count). The van der Waals surface area contributed by atoms with Gasteiger partial charge in [-0.05, 0) is 81.0 Å². The second-order valence-electron chi connectivity index (χ2n) is 11.4. The maximum atomic E-state index is 15.3. The molecule has 1 aromatic heterocycles. The number of halogens is 1. The quantitative estimate of drug-likeness (QED) is 0.336. The smallest absolute Gasteiger partial charge is 0.266 e. The Labute approximate surface area is 251 Å². The minimum absolute atomic E-state index is 0.00943. The molecule has 43 heavy (non-hydrogen) atoms. The molecule has 2 fully saturated rings. The molecule has 1 amide bonds. The van der Waals surface area contributed by atoms with Gasteiger partial charge in [-0.25, -0.2) is 9.37 Å². The Morgan fingerprint density at radius 1 is 0.907 bits per heavy atom. The second kappa shape index (κ2) is 12.9. The second-order valence-corrected chi connectivity index (χ2v) is 11.4. The maximum absolute atomic E-state index is 15.3. The molecule has 0 aliphatic carbocycles. The van der Waals surface area contributed by atoms with Gasteiger partial charge in [0.25, 0.3) is 5.56 Å². The van der Waals surface area contributed by atoms with Crippen molar-refractivity contribution in [1.82, 2.24) is 19.4 Å². The van der Waals surface area contributed by atoms with Gasteiger partial charge < -0.3 is 15.1 Å². The van der Waals surface area contributed by atoms with Crippen molar-refractivity contribution in [1.29, 1.82) is 0 Å². The van der Waals surface area contributed by atoms with Gasteiger partial charge in [-0.15, -0.1) is 0 Å². The number of likely N-dealkylation sites (tertiary alicyclic amines) is 1. The van der Waals surface area contributed by atoms with E-state index in [1.165, 1.54) is 17.1 Å². The highest BCUT2D eigenvalue weighted by molar-refractivity contribution is 5.92. The minimum Gasteiger partial charge on any atom is -0.367 e. The number of aromatic nitrogens is 2. The molecule has 0 radical (unpaired) electrons. The van der Waals surface area contributed by atoms with Crippen LogP contribution < -0.4 is 15.8 Å². The van der Waals surface area contributed by atoms with E-state index >= 15 is 4.39 Å². The molecule has 8 nitrogen and oxygen atoms in total. The van der Waals surface area contributed by atoms with E-state index in [4.69, 9.17) is 4.98 Å². The number of hydrogen-bond donors (Lipinski definition) is 1. The summed E-state index contributed by atoms with van der Waals surface area (Å²) >= 11 is 0. The lowest BCUT2D eigenvalue weighted by Gasteiger charge is -2.34. The van der Waals surface area contributed by atoms with Crippen molar-refractivity contribution in [2.45, 2.75) is 19.3 Å². The molecule has 3 aromatic carbocycles. The summed E-state index contributed by atoms with van der Waals surface area (Å²) in [7, 11) is 2.06. The number of carbonyl (C=O) groups excluding carboxylic acids is 1. The fourth-order valence-electron chi connectivity index (χ4n) is 5.81. The Morgan fingerprint density at radius 3 is 2.35 bits per heavy atom. The van der Waals surface area contributed by atoms with Crippen molar-refractivity contribution in [3.8, 4) is 5.69 Å². The predicted molar refractivity (Wildman–Crippen MR) is 171 cm³/mol. The molecule has 4 aromatic rings. The number of likely N-dealkylation sites (N-methyl/N-ethyl adjacent to an activating group) is 1. The number of para-hydroxylation sites is 1. The van der Waals surface area contributed by atoms with Crippen LogP contribution >= 0.6 is 0 Å². The number of nitrogens with zero attached hydrogens (tertiary/aromatic N) is 5. The van der Waals surface area contributed by atoms with E-state index in [1.54, 1.807) is 12.1 Å². The van der Waals surface area contributed by atoms with Gasteiger partial charge in [-0.1, -0.05) is 42.8 Å². The number of nitrogens with one attached hydrogen (secondary N) is 1. The van der Waals surface area contributed by atoms with Gasteiger partial charge in [0.05, 0.1) is 28.8 Å². The average Bonchev–Trinajstić information content (AvgIpc) is 3.02. The molecule has 0 saturated carbocycles. The Morgan fingerprint density at radius 2 is 1.63 bits per heavy atom. The van der Waals surface area contributed by atoms with Crippen LogP contribution in [-0.4, -0.2) is 78.1 Å². The highest BCUT2D eigenvalue weighted by atomic mass is 19.1. The lowest BCUT2D eigenvalue weighted by Crippen LogP contribution is -2.44. The molecule has 2 saturated heterocycles. The summed E-state index contributed by atoms with van der Waals surface area (Å²) in [4.78, 5) is 37.6. The first-order chi connectivity index (χ1) is 20.9. The molecule has 0 spiro atoms. The molecule has 9 heteroatoms. The third-order valence-corrected chi connectivity index (χ3v) is 8.26. The molecule has 2 aliphatic rings. The summed E-state index contributed by atoms with van der Waals surface area (Å²) in [6, 6.07) is 19.9. The molecular weight excluding hydrogens is 543 g/mol. The largest absolute Gasteiger partial charge is 0.367 e. The summed E-state index contributed by atoms with van der Waals surface area (Å²) in [5.41, 5.74) is 2.88. The number of carbonyl (C=O) groups is 1. The van der Waals surface area contributed by atoms with Crippen LogP contribution in [0.5, 0.6) is 0 Å². The fourth-order valence-corrected chi connectivity index (χ4v) is 5.81. The third-order valence-electron chi connectivity index (χ3n) is 8.26. The van der Waals surface area contributed by atoms with E-state index < -0.39 is 5.82 Å². The average molecular weight is 581 g/mol. The zero-order valence-electron chi connectivity index (χ0n) is 24.5. The van der Waals surface area contributed by atoms with Crippen LogP contribution in [0.1, 0.15) is 30.7 Å². The van der Waals surface area contributed by atoms with Gasteiger partial charge in [0.2, 0.25) is 5.91 Å².